The van der Waals surface area contributed by atoms with E-state index in [1.165, 1.54) is 28.0 Å². The minimum atomic E-state index is 1.05. The van der Waals surface area contributed by atoms with Crippen LogP contribution in [0.25, 0.3) is 16.6 Å². The second kappa shape index (κ2) is 6.84. The third-order valence-corrected chi connectivity index (χ3v) is 5.49. The highest BCUT2D eigenvalue weighted by Gasteiger charge is 2.19. The molecule has 3 nitrogen and oxygen atoms in total. The number of fused-ring (bicyclic) bond motifs is 1. The number of para-hydroxylation sites is 2. The van der Waals surface area contributed by atoms with Gasteiger partial charge in [0.15, 0.2) is 0 Å². The van der Waals surface area contributed by atoms with E-state index in [4.69, 9.17) is 0 Å². The average Bonchev–Trinajstić information content (AvgIpc) is 3.19. The molecule has 1 saturated heterocycles. The van der Waals surface area contributed by atoms with Gasteiger partial charge in [-0.15, -0.1) is 0 Å². The Bertz CT molecular complexity index is 1030. The summed E-state index contributed by atoms with van der Waals surface area (Å²) >= 11 is 0. The van der Waals surface area contributed by atoms with Crippen LogP contribution in [0, 0.1) is 0 Å². The van der Waals surface area contributed by atoms with Crippen LogP contribution in [0.15, 0.2) is 91.1 Å². The van der Waals surface area contributed by atoms with Gasteiger partial charge in [0.05, 0.1) is 5.52 Å². The summed E-state index contributed by atoms with van der Waals surface area (Å²) in [4.78, 5) is 5.00. The molecule has 27 heavy (non-hydrogen) atoms. The average molecular weight is 353 g/mol. The van der Waals surface area contributed by atoms with E-state index in [9.17, 15) is 0 Å². The molecule has 0 radical (unpaired) electrons. The summed E-state index contributed by atoms with van der Waals surface area (Å²) in [5.41, 5.74) is 5.14. The molecule has 3 heteroatoms. The third-order valence-electron chi connectivity index (χ3n) is 5.49. The molecule has 3 aromatic carbocycles. The van der Waals surface area contributed by atoms with Crippen molar-refractivity contribution in [3.63, 3.8) is 0 Å². The summed E-state index contributed by atoms with van der Waals surface area (Å²) in [7, 11) is 0. The van der Waals surface area contributed by atoms with Gasteiger partial charge in [0.1, 0.15) is 0 Å². The molecule has 4 aromatic rings. The fourth-order valence-electron chi connectivity index (χ4n) is 4.09. The molecule has 1 aliphatic rings. The van der Waals surface area contributed by atoms with Gasteiger partial charge in [-0.05, 0) is 42.5 Å². The van der Waals surface area contributed by atoms with Crippen molar-refractivity contribution in [1.82, 2.24) is 4.57 Å². The fraction of sp³-hybridized carbons (Fsp3) is 0.167. The number of rotatable bonds is 3. The van der Waals surface area contributed by atoms with Crippen molar-refractivity contribution in [2.24, 2.45) is 0 Å². The standard InChI is InChI=1S/C24H23N3/c1-3-8-20(9-4-1)25-16-18-26(19-17-25)23-12-7-13-24-22(23)14-15-27(24)21-10-5-2-6-11-21/h1-15H,16-19H2. The smallest absolute Gasteiger partial charge is 0.0549 e. The summed E-state index contributed by atoms with van der Waals surface area (Å²) in [5, 5.41) is 1.33. The van der Waals surface area contributed by atoms with Crippen molar-refractivity contribution >= 4 is 22.3 Å². The van der Waals surface area contributed by atoms with E-state index >= 15 is 0 Å². The van der Waals surface area contributed by atoms with Crippen molar-refractivity contribution in [1.29, 1.82) is 0 Å². The Hall–Kier alpha value is -3.20. The van der Waals surface area contributed by atoms with Gasteiger partial charge in [-0.2, -0.15) is 0 Å². The minimum Gasteiger partial charge on any atom is -0.368 e. The Morgan fingerprint density at radius 3 is 1.85 bits per heavy atom. The zero-order valence-electron chi connectivity index (χ0n) is 15.3. The lowest BCUT2D eigenvalue weighted by molar-refractivity contribution is 0.655. The normalized spacial score (nSPS) is 14.7. The van der Waals surface area contributed by atoms with E-state index in [-0.39, 0.29) is 0 Å². The first-order chi connectivity index (χ1) is 13.4. The van der Waals surface area contributed by atoms with Crippen LogP contribution in [-0.2, 0) is 0 Å². The predicted octanol–water partition coefficient (Wildman–Crippen LogP) is 4.96. The molecule has 0 bridgehead atoms. The van der Waals surface area contributed by atoms with Crippen molar-refractivity contribution in [3.05, 3.63) is 91.1 Å². The van der Waals surface area contributed by atoms with Gasteiger partial charge in [-0.3, -0.25) is 0 Å². The number of benzene rings is 3. The molecule has 5 rings (SSSR count). The Balaban J connectivity index is 1.42. The summed E-state index contributed by atoms with van der Waals surface area (Å²) in [6.07, 6.45) is 2.18. The van der Waals surface area contributed by atoms with Crippen LogP contribution < -0.4 is 9.80 Å². The van der Waals surface area contributed by atoms with E-state index in [0.29, 0.717) is 0 Å². The van der Waals surface area contributed by atoms with E-state index in [2.05, 4.69) is 105 Å². The Labute approximate surface area is 160 Å². The largest absolute Gasteiger partial charge is 0.368 e. The summed E-state index contributed by atoms with van der Waals surface area (Å²) < 4.78 is 2.28. The maximum atomic E-state index is 2.52. The SMILES string of the molecule is c1ccc(N2CCN(c3cccc4c3ccn4-c3ccccc3)CC2)cc1. The minimum absolute atomic E-state index is 1.05. The molecule has 1 fully saturated rings. The lowest BCUT2D eigenvalue weighted by atomic mass is 10.1. The summed E-state index contributed by atoms with van der Waals surface area (Å²) in [5.74, 6) is 0. The lowest BCUT2D eigenvalue weighted by Crippen LogP contribution is -2.46. The topological polar surface area (TPSA) is 11.4 Å². The van der Waals surface area contributed by atoms with Gasteiger partial charge in [0.25, 0.3) is 0 Å². The Kier molecular flexibility index (Phi) is 4.06. The van der Waals surface area contributed by atoms with Crippen LogP contribution >= 0.6 is 0 Å². The van der Waals surface area contributed by atoms with Crippen molar-refractivity contribution < 1.29 is 0 Å². The summed E-state index contributed by atoms with van der Waals surface area (Å²) in [6, 6.07) is 30.2. The van der Waals surface area contributed by atoms with Gasteiger partial charge in [0.2, 0.25) is 0 Å². The first kappa shape index (κ1) is 16.0. The van der Waals surface area contributed by atoms with Gasteiger partial charge >= 0.3 is 0 Å². The number of hydrogen-bond donors (Lipinski definition) is 0. The molecule has 1 aromatic heterocycles. The highest BCUT2D eigenvalue weighted by molar-refractivity contribution is 5.94. The van der Waals surface area contributed by atoms with E-state index in [1.807, 2.05) is 0 Å². The van der Waals surface area contributed by atoms with Gasteiger partial charge in [-0.25, -0.2) is 0 Å². The van der Waals surface area contributed by atoms with E-state index < -0.39 is 0 Å². The molecule has 0 atom stereocenters. The van der Waals surface area contributed by atoms with E-state index in [1.54, 1.807) is 0 Å². The maximum absolute atomic E-state index is 2.52. The molecule has 0 amide bonds. The van der Waals surface area contributed by atoms with Crippen molar-refractivity contribution in [3.8, 4) is 5.69 Å². The van der Waals surface area contributed by atoms with Crippen LogP contribution in [0.5, 0.6) is 0 Å². The second-order valence-electron chi connectivity index (χ2n) is 7.04. The van der Waals surface area contributed by atoms with E-state index in [0.717, 1.165) is 26.2 Å². The van der Waals surface area contributed by atoms with Gasteiger partial charge in [-0.1, -0.05) is 42.5 Å². The molecule has 0 unspecified atom stereocenters. The van der Waals surface area contributed by atoms with Crippen molar-refractivity contribution in [2.45, 2.75) is 0 Å². The zero-order valence-corrected chi connectivity index (χ0v) is 15.3. The number of anilines is 2. The number of hydrogen-bond acceptors (Lipinski definition) is 2. The third kappa shape index (κ3) is 2.95. The molecular formula is C24H23N3. The predicted molar refractivity (Wildman–Crippen MR) is 114 cm³/mol. The van der Waals surface area contributed by atoms with Crippen molar-refractivity contribution in [2.75, 3.05) is 36.0 Å². The Morgan fingerprint density at radius 1 is 0.519 bits per heavy atom. The molecule has 0 aliphatic carbocycles. The molecule has 0 spiro atoms. The first-order valence-corrected chi connectivity index (χ1v) is 9.60. The highest BCUT2D eigenvalue weighted by atomic mass is 15.3. The van der Waals surface area contributed by atoms with Crippen LogP contribution in [0.4, 0.5) is 11.4 Å². The molecule has 0 saturated carbocycles. The quantitative estimate of drug-likeness (QED) is 0.516. The van der Waals surface area contributed by atoms with Crippen LogP contribution in [0.1, 0.15) is 0 Å². The van der Waals surface area contributed by atoms with Crippen LogP contribution in [-0.4, -0.2) is 30.7 Å². The number of piperazine rings is 1. The fourth-order valence-corrected chi connectivity index (χ4v) is 4.09. The number of nitrogens with zero attached hydrogens (tertiary/aromatic N) is 3. The number of aromatic nitrogens is 1. The zero-order chi connectivity index (χ0) is 18.1. The monoisotopic (exact) mass is 353 g/mol. The molecule has 1 aliphatic heterocycles. The van der Waals surface area contributed by atoms with Gasteiger partial charge < -0.3 is 14.4 Å². The van der Waals surface area contributed by atoms with Gasteiger partial charge in [0, 0.05) is 54.8 Å². The first-order valence-electron chi connectivity index (χ1n) is 9.60. The molecular weight excluding hydrogens is 330 g/mol. The molecule has 2 heterocycles. The maximum Gasteiger partial charge on any atom is 0.0549 e. The second-order valence-corrected chi connectivity index (χ2v) is 7.04. The highest BCUT2D eigenvalue weighted by Crippen LogP contribution is 2.30. The molecule has 0 N–H and O–H groups in total. The van der Waals surface area contributed by atoms with Crippen LogP contribution in [0.2, 0.25) is 0 Å². The Morgan fingerprint density at radius 2 is 1.15 bits per heavy atom. The summed E-state index contributed by atoms with van der Waals surface area (Å²) in [6.45, 7) is 4.20. The lowest BCUT2D eigenvalue weighted by Gasteiger charge is -2.37. The van der Waals surface area contributed by atoms with Crippen LogP contribution in [0.3, 0.4) is 0 Å². The molecule has 134 valence electrons.